The van der Waals surface area contributed by atoms with Crippen LogP contribution in [-0.4, -0.2) is 5.97 Å². The van der Waals surface area contributed by atoms with Crippen molar-refractivity contribution in [2.45, 2.75) is 38.7 Å². The zero-order valence-electron chi connectivity index (χ0n) is 9.99. The molecule has 1 aromatic rings. The molecule has 0 bridgehead atoms. The summed E-state index contributed by atoms with van der Waals surface area (Å²) in [5.41, 5.74) is 1.09. The molecule has 2 nitrogen and oxygen atoms in total. The molecule has 1 aromatic carbocycles. The summed E-state index contributed by atoms with van der Waals surface area (Å²) >= 11 is 3.40. The van der Waals surface area contributed by atoms with Crippen LogP contribution in [0.4, 0.5) is 0 Å². The average Bonchev–Trinajstić information content (AvgIpc) is 2.33. The van der Waals surface area contributed by atoms with Gasteiger partial charge in [-0.15, -0.1) is 0 Å². The van der Waals surface area contributed by atoms with E-state index in [2.05, 4.69) is 22.9 Å². The molecule has 0 N–H and O–H groups in total. The number of hydrogen-bond donors (Lipinski definition) is 0. The van der Waals surface area contributed by atoms with Crippen LogP contribution in [0.5, 0.6) is 0 Å². The Morgan fingerprint density at radius 1 is 1.29 bits per heavy atom. The maximum atomic E-state index is 11.8. The van der Waals surface area contributed by atoms with Gasteiger partial charge in [-0.25, -0.2) is 0 Å². The quantitative estimate of drug-likeness (QED) is 0.780. The highest BCUT2D eigenvalue weighted by Gasteiger charge is 2.29. The smallest absolute Gasteiger partial charge is 0.309 e. The normalized spacial score (nSPS) is 24.5. The molecule has 1 fully saturated rings. The first-order valence-electron chi connectivity index (χ1n) is 6.16. The van der Waals surface area contributed by atoms with E-state index < -0.39 is 0 Å². The molecule has 0 radical (unpaired) electrons. The number of carbonyl (C=O) groups is 1. The van der Waals surface area contributed by atoms with Crippen LogP contribution in [0.15, 0.2) is 28.7 Å². The fraction of sp³-hybridized carbons (Fsp3) is 0.500. The second kappa shape index (κ2) is 5.67. The summed E-state index contributed by atoms with van der Waals surface area (Å²) in [6.07, 6.45) is 3.84. The van der Waals surface area contributed by atoms with E-state index in [-0.39, 0.29) is 18.0 Å². The summed E-state index contributed by atoms with van der Waals surface area (Å²) in [7, 11) is 0. The number of carbonyl (C=O) groups excluding carboxylic acids is 1. The van der Waals surface area contributed by atoms with Crippen LogP contribution in [0.2, 0.25) is 0 Å². The van der Waals surface area contributed by atoms with E-state index in [1.807, 2.05) is 24.3 Å². The fourth-order valence-corrected chi connectivity index (χ4v) is 2.55. The van der Waals surface area contributed by atoms with Crippen LogP contribution in [0.1, 0.15) is 44.3 Å². The van der Waals surface area contributed by atoms with Gasteiger partial charge in [-0.3, -0.25) is 4.79 Å². The highest BCUT2D eigenvalue weighted by molar-refractivity contribution is 9.10. The Balaban J connectivity index is 2.01. The minimum absolute atomic E-state index is 0.0222. The Bertz CT molecular complexity index is 386. The predicted molar refractivity (Wildman–Crippen MR) is 70.6 cm³/mol. The van der Waals surface area contributed by atoms with Crippen LogP contribution >= 0.6 is 15.9 Å². The van der Waals surface area contributed by atoms with E-state index in [1.165, 1.54) is 0 Å². The summed E-state index contributed by atoms with van der Waals surface area (Å²) in [5, 5.41) is 0. The molecule has 1 heterocycles. The molecule has 17 heavy (non-hydrogen) atoms. The molecular formula is C14H17BrO2. The summed E-state index contributed by atoms with van der Waals surface area (Å²) in [6, 6.07) is 8.01. The van der Waals surface area contributed by atoms with Crippen LogP contribution in [0.25, 0.3) is 0 Å². The lowest BCUT2D eigenvalue weighted by Crippen LogP contribution is -2.26. The van der Waals surface area contributed by atoms with Crippen LogP contribution < -0.4 is 0 Å². The van der Waals surface area contributed by atoms with E-state index in [0.29, 0.717) is 0 Å². The number of halogens is 1. The first-order valence-corrected chi connectivity index (χ1v) is 6.96. The van der Waals surface area contributed by atoms with Crippen molar-refractivity contribution in [1.82, 2.24) is 0 Å². The van der Waals surface area contributed by atoms with Crippen molar-refractivity contribution in [2.24, 2.45) is 5.92 Å². The lowest BCUT2D eigenvalue weighted by molar-refractivity contribution is -0.161. The Morgan fingerprint density at radius 3 is 2.59 bits per heavy atom. The Kier molecular flexibility index (Phi) is 4.21. The van der Waals surface area contributed by atoms with E-state index in [9.17, 15) is 4.79 Å². The Morgan fingerprint density at radius 2 is 2.00 bits per heavy atom. The lowest BCUT2D eigenvalue weighted by atomic mass is 9.91. The molecule has 1 saturated heterocycles. The zero-order chi connectivity index (χ0) is 12.3. The van der Waals surface area contributed by atoms with Crippen molar-refractivity contribution in [3.05, 3.63) is 34.3 Å². The number of cyclic esters (lactones) is 1. The number of esters is 1. The maximum absolute atomic E-state index is 11.8. The van der Waals surface area contributed by atoms with E-state index in [0.717, 1.165) is 35.7 Å². The number of hydrogen-bond acceptors (Lipinski definition) is 2. The van der Waals surface area contributed by atoms with Crippen molar-refractivity contribution >= 4 is 21.9 Å². The molecule has 0 aromatic heterocycles. The van der Waals surface area contributed by atoms with Crippen molar-refractivity contribution in [1.29, 1.82) is 0 Å². The highest BCUT2D eigenvalue weighted by atomic mass is 79.9. The van der Waals surface area contributed by atoms with Crippen LogP contribution in [0, 0.1) is 5.92 Å². The van der Waals surface area contributed by atoms with E-state index >= 15 is 0 Å². The summed E-state index contributed by atoms with van der Waals surface area (Å²) in [6.45, 7) is 2.11. The lowest BCUT2D eigenvalue weighted by Gasteiger charge is -2.28. The predicted octanol–water partition coefficient (Wildman–Crippen LogP) is 4.24. The molecule has 0 spiro atoms. The van der Waals surface area contributed by atoms with Gasteiger partial charge in [0, 0.05) is 4.47 Å². The minimum atomic E-state index is -0.0521. The molecule has 2 unspecified atom stereocenters. The first kappa shape index (κ1) is 12.6. The minimum Gasteiger partial charge on any atom is -0.457 e. The van der Waals surface area contributed by atoms with Gasteiger partial charge in [0.1, 0.15) is 6.10 Å². The van der Waals surface area contributed by atoms with Gasteiger partial charge < -0.3 is 4.74 Å². The SMILES string of the molecule is CCCC1CCC(c2ccc(Br)cc2)OC1=O. The van der Waals surface area contributed by atoms with Gasteiger partial charge in [0.2, 0.25) is 0 Å². The second-order valence-electron chi connectivity index (χ2n) is 4.54. The van der Waals surface area contributed by atoms with Gasteiger partial charge in [-0.05, 0) is 37.0 Å². The van der Waals surface area contributed by atoms with Gasteiger partial charge in [0.25, 0.3) is 0 Å². The molecule has 1 aliphatic heterocycles. The largest absolute Gasteiger partial charge is 0.457 e. The summed E-state index contributed by atoms with van der Waals surface area (Å²) in [5.74, 6) is 0.0951. The van der Waals surface area contributed by atoms with E-state index in [1.54, 1.807) is 0 Å². The van der Waals surface area contributed by atoms with Gasteiger partial charge in [-0.2, -0.15) is 0 Å². The summed E-state index contributed by atoms with van der Waals surface area (Å²) < 4.78 is 6.57. The monoisotopic (exact) mass is 296 g/mol. The molecular weight excluding hydrogens is 280 g/mol. The van der Waals surface area contributed by atoms with Gasteiger partial charge >= 0.3 is 5.97 Å². The zero-order valence-corrected chi connectivity index (χ0v) is 11.6. The number of rotatable bonds is 3. The maximum Gasteiger partial charge on any atom is 0.309 e. The van der Waals surface area contributed by atoms with Crippen LogP contribution in [0.3, 0.4) is 0 Å². The van der Waals surface area contributed by atoms with Crippen molar-refractivity contribution in [3.63, 3.8) is 0 Å². The molecule has 0 saturated carbocycles. The molecule has 1 aliphatic rings. The van der Waals surface area contributed by atoms with Gasteiger partial charge in [0.15, 0.2) is 0 Å². The Labute approximate surface area is 110 Å². The highest BCUT2D eigenvalue weighted by Crippen LogP contribution is 2.33. The third kappa shape index (κ3) is 3.09. The van der Waals surface area contributed by atoms with Crippen LogP contribution in [-0.2, 0) is 9.53 Å². The van der Waals surface area contributed by atoms with Gasteiger partial charge in [-0.1, -0.05) is 41.4 Å². The van der Waals surface area contributed by atoms with Crippen molar-refractivity contribution in [2.75, 3.05) is 0 Å². The molecule has 0 aliphatic carbocycles. The molecule has 2 atom stereocenters. The molecule has 92 valence electrons. The molecule has 3 heteroatoms. The van der Waals surface area contributed by atoms with E-state index in [4.69, 9.17) is 4.74 Å². The molecule has 0 amide bonds. The number of ether oxygens (including phenoxy) is 1. The number of benzene rings is 1. The Hall–Kier alpha value is -0.830. The third-order valence-electron chi connectivity index (χ3n) is 3.25. The topological polar surface area (TPSA) is 26.3 Å². The first-order chi connectivity index (χ1) is 8.20. The molecule has 2 rings (SSSR count). The van der Waals surface area contributed by atoms with Crippen molar-refractivity contribution < 1.29 is 9.53 Å². The third-order valence-corrected chi connectivity index (χ3v) is 3.78. The van der Waals surface area contributed by atoms with Gasteiger partial charge in [0.05, 0.1) is 5.92 Å². The second-order valence-corrected chi connectivity index (χ2v) is 5.46. The standard InChI is InChI=1S/C14H17BrO2/c1-2-3-11-6-9-13(17-14(11)16)10-4-7-12(15)8-5-10/h4-5,7-8,11,13H,2-3,6,9H2,1H3. The average molecular weight is 297 g/mol. The summed E-state index contributed by atoms with van der Waals surface area (Å²) in [4.78, 5) is 11.8. The fourth-order valence-electron chi connectivity index (χ4n) is 2.29. The van der Waals surface area contributed by atoms with Crippen molar-refractivity contribution in [3.8, 4) is 0 Å².